The Morgan fingerprint density at radius 2 is 1.82 bits per heavy atom. The first kappa shape index (κ1) is 15.8. The molecule has 0 aromatic heterocycles. The van der Waals surface area contributed by atoms with Crippen molar-refractivity contribution in [2.45, 2.75) is 6.42 Å². The van der Waals surface area contributed by atoms with E-state index in [1.165, 1.54) is 0 Å². The van der Waals surface area contributed by atoms with E-state index in [0.29, 0.717) is 23.7 Å². The molecule has 22 heavy (non-hydrogen) atoms. The summed E-state index contributed by atoms with van der Waals surface area (Å²) in [6, 6.07) is 10.9. The summed E-state index contributed by atoms with van der Waals surface area (Å²) in [6.45, 7) is 0. The number of aromatic hydroxyl groups is 1. The minimum absolute atomic E-state index is 0.270. The molecule has 2 aromatic rings. The second kappa shape index (κ2) is 7.41. The molecule has 1 N–H and O–H groups in total. The fraction of sp³-hybridized carbons (Fsp3) is 0.222. The maximum atomic E-state index is 9.47. The van der Waals surface area contributed by atoms with Gasteiger partial charge in [0.2, 0.25) is 0 Å². The van der Waals surface area contributed by atoms with Crippen LogP contribution in [-0.4, -0.2) is 26.4 Å². The standard InChI is InChI=1S/C18H20O4/c1-20-16-11-14(18(22-3)17(12-16)21-2)8-4-6-13-7-5-9-15(19)10-13/h4-5,7-12,19H,6H2,1-3H3/b8-4+. The van der Waals surface area contributed by atoms with Gasteiger partial charge in [0.15, 0.2) is 11.5 Å². The third-order valence-electron chi connectivity index (χ3n) is 3.28. The molecule has 4 nitrogen and oxygen atoms in total. The molecule has 0 saturated carbocycles. The van der Waals surface area contributed by atoms with Gasteiger partial charge in [-0.05, 0) is 30.2 Å². The second-order valence-electron chi connectivity index (χ2n) is 4.73. The lowest BCUT2D eigenvalue weighted by Crippen LogP contribution is -1.95. The van der Waals surface area contributed by atoms with Gasteiger partial charge in [0.25, 0.3) is 0 Å². The van der Waals surface area contributed by atoms with Crippen molar-refractivity contribution in [2.24, 2.45) is 0 Å². The summed E-state index contributed by atoms with van der Waals surface area (Å²) in [7, 11) is 4.82. The molecule has 0 aliphatic carbocycles. The molecular formula is C18H20O4. The van der Waals surface area contributed by atoms with Crippen molar-refractivity contribution >= 4 is 6.08 Å². The first-order valence-electron chi connectivity index (χ1n) is 6.92. The predicted octanol–water partition coefficient (Wildman–Crippen LogP) is 3.67. The van der Waals surface area contributed by atoms with Crippen molar-refractivity contribution in [3.05, 3.63) is 53.6 Å². The highest BCUT2D eigenvalue weighted by Gasteiger charge is 2.10. The second-order valence-corrected chi connectivity index (χ2v) is 4.73. The van der Waals surface area contributed by atoms with Gasteiger partial charge in [-0.15, -0.1) is 0 Å². The number of methoxy groups -OCH3 is 3. The lowest BCUT2D eigenvalue weighted by atomic mass is 10.1. The van der Waals surface area contributed by atoms with Crippen LogP contribution in [0.4, 0.5) is 0 Å². The summed E-state index contributed by atoms with van der Waals surface area (Å²) in [5.74, 6) is 2.26. The van der Waals surface area contributed by atoms with E-state index >= 15 is 0 Å². The van der Waals surface area contributed by atoms with Gasteiger partial charge in [0.1, 0.15) is 11.5 Å². The topological polar surface area (TPSA) is 47.9 Å². The van der Waals surface area contributed by atoms with Crippen LogP contribution in [0.3, 0.4) is 0 Å². The summed E-state index contributed by atoms with van der Waals surface area (Å²) in [4.78, 5) is 0. The summed E-state index contributed by atoms with van der Waals surface area (Å²) in [5.41, 5.74) is 1.91. The molecule has 2 rings (SSSR count). The minimum Gasteiger partial charge on any atom is -0.508 e. The molecule has 0 aliphatic rings. The maximum Gasteiger partial charge on any atom is 0.168 e. The molecule has 0 radical (unpaired) electrons. The molecule has 0 fully saturated rings. The third-order valence-corrected chi connectivity index (χ3v) is 3.28. The van der Waals surface area contributed by atoms with Crippen LogP contribution in [0.1, 0.15) is 11.1 Å². The van der Waals surface area contributed by atoms with Gasteiger partial charge in [-0.25, -0.2) is 0 Å². The number of allylic oxidation sites excluding steroid dienone is 1. The third kappa shape index (κ3) is 3.73. The largest absolute Gasteiger partial charge is 0.508 e. The number of hydrogen-bond acceptors (Lipinski definition) is 4. The van der Waals surface area contributed by atoms with Gasteiger partial charge < -0.3 is 19.3 Å². The van der Waals surface area contributed by atoms with Crippen molar-refractivity contribution < 1.29 is 19.3 Å². The Bertz CT molecular complexity index is 662. The van der Waals surface area contributed by atoms with Crippen LogP contribution >= 0.6 is 0 Å². The first-order valence-corrected chi connectivity index (χ1v) is 6.92. The maximum absolute atomic E-state index is 9.47. The molecule has 116 valence electrons. The molecule has 4 heteroatoms. The van der Waals surface area contributed by atoms with E-state index in [-0.39, 0.29) is 5.75 Å². The Hall–Kier alpha value is -2.62. The van der Waals surface area contributed by atoms with Crippen LogP contribution < -0.4 is 14.2 Å². The van der Waals surface area contributed by atoms with Crippen LogP contribution in [0, 0.1) is 0 Å². The quantitative estimate of drug-likeness (QED) is 0.884. The number of phenols is 1. The van der Waals surface area contributed by atoms with Crippen LogP contribution in [-0.2, 0) is 6.42 Å². The Morgan fingerprint density at radius 1 is 1.00 bits per heavy atom. The Labute approximate surface area is 130 Å². The lowest BCUT2D eigenvalue weighted by molar-refractivity contribution is 0.348. The predicted molar refractivity (Wildman–Crippen MR) is 86.9 cm³/mol. The van der Waals surface area contributed by atoms with Gasteiger partial charge in [0, 0.05) is 11.6 Å². The SMILES string of the molecule is COc1cc(/C=C/Cc2cccc(O)c2)c(OC)c(OC)c1. The Morgan fingerprint density at radius 3 is 2.45 bits per heavy atom. The number of phenolic OH excluding ortho intramolecular Hbond substituents is 1. The number of benzene rings is 2. The highest BCUT2D eigenvalue weighted by molar-refractivity contribution is 5.65. The highest BCUT2D eigenvalue weighted by atomic mass is 16.5. The monoisotopic (exact) mass is 300 g/mol. The normalized spacial score (nSPS) is 10.7. The molecule has 0 saturated heterocycles. The van der Waals surface area contributed by atoms with Crippen molar-refractivity contribution in [1.29, 1.82) is 0 Å². The van der Waals surface area contributed by atoms with E-state index in [2.05, 4.69) is 0 Å². The average molecular weight is 300 g/mol. The summed E-state index contributed by atoms with van der Waals surface area (Å²) >= 11 is 0. The zero-order valence-electron chi connectivity index (χ0n) is 13.0. The van der Waals surface area contributed by atoms with Crippen molar-refractivity contribution in [3.63, 3.8) is 0 Å². The number of rotatable bonds is 6. The van der Waals surface area contributed by atoms with Crippen LogP contribution in [0.15, 0.2) is 42.5 Å². The molecule has 0 bridgehead atoms. The van der Waals surface area contributed by atoms with Crippen molar-refractivity contribution in [3.8, 4) is 23.0 Å². The smallest absolute Gasteiger partial charge is 0.168 e. The van der Waals surface area contributed by atoms with Gasteiger partial charge >= 0.3 is 0 Å². The van der Waals surface area contributed by atoms with E-state index in [0.717, 1.165) is 11.1 Å². The molecule has 0 unspecified atom stereocenters. The van der Waals surface area contributed by atoms with Gasteiger partial charge in [-0.3, -0.25) is 0 Å². The molecule has 0 spiro atoms. The molecule has 2 aromatic carbocycles. The lowest BCUT2D eigenvalue weighted by Gasteiger charge is -2.12. The summed E-state index contributed by atoms with van der Waals surface area (Å²) in [6.07, 6.45) is 4.66. The zero-order valence-corrected chi connectivity index (χ0v) is 13.0. The number of ether oxygens (including phenoxy) is 3. The summed E-state index contributed by atoms with van der Waals surface area (Å²) < 4.78 is 16.0. The van der Waals surface area contributed by atoms with Gasteiger partial charge in [0.05, 0.1) is 21.3 Å². The molecule has 0 atom stereocenters. The fourth-order valence-electron chi connectivity index (χ4n) is 2.21. The Balaban J connectivity index is 2.25. The van der Waals surface area contributed by atoms with Gasteiger partial charge in [-0.2, -0.15) is 0 Å². The van der Waals surface area contributed by atoms with E-state index in [1.807, 2.05) is 30.4 Å². The zero-order chi connectivity index (χ0) is 15.9. The van der Waals surface area contributed by atoms with E-state index in [4.69, 9.17) is 14.2 Å². The average Bonchev–Trinajstić information content (AvgIpc) is 2.54. The summed E-state index contributed by atoms with van der Waals surface area (Å²) in [5, 5.41) is 9.47. The van der Waals surface area contributed by atoms with E-state index in [9.17, 15) is 5.11 Å². The molecule has 0 heterocycles. The van der Waals surface area contributed by atoms with Crippen molar-refractivity contribution in [2.75, 3.05) is 21.3 Å². The van der Waals surface area contributed by atoms with Gasteiger partial charge in [-0.1, -0.05) is 24.3 Å². The number of hydrogen-bond donors (Lipinski definition) is 1. The molecule has 0 amide bonds. The highest BCUT2D eigenvalue weighted by Crippen LogP contribution is 2.36. The van der Waals surface area contributed by atoms with Crippen molar-refractivity contribution in [1.82, 2.24) is 0 Å². The van der Waals surface area contributed by atoms with Crippen LogP contribution in [0.5, 0.6) is 23.0 Å². The van der Waals surface area contributed by atoms with E-state index < -0.39 is 0 Å². The van der Waals surface area contributed by atoms with Crippen LogP contribution in [0.25, 0.3) is 6.08 Å². The molecular weight excluding hydrogens is 280 g/mol. The first-order chi connectivity index (χ1) is 10.7. The van der Waals surface area contributed by atoms with Crippen LogP contribution in [0.2, 0.25) is 0 Å². The minimum atomic E-state index is 0.270. The molecule has 0 aliphatic heterocycles. The Kier molecular flexibility index (Phi) is 5.31. The fourth-order valence-corrected chi connectivity index (χ4v) is 2.21. The van der Waals surface area contributed by atoms with E-state index in [1.54, 1.807) is 39.5 Å².